The van der Waals surface area contributed by atoms with Gasteiger partial charge in [-0.1, -0.05) is 19.9 Å². The molecular formula is C20H30N2O4. The van der Waals surface area contributed by atoms with Crippen molar-refractivity contribution >= 4 is 5.91 Å². The summed E-state index contributed by atoms with van der Waals surface area (Å²) in [7, 11) is 3.20. The van der Waals surface area contributed by atoms with Crippen molar-refractivity contribution in [2.75, 3.05) is 33.9 Å². The van der Waals surface area contributed by atoms with Crippen LogP contribution in [0.4, 0.5) is 0 Å². The first-order valence-electron chi connectivity index (χ1n) is 9.36. The van der Waals surface area contributed by atoms with E-state index in [0.29, 0.717) is 36.0 Å². The van der Waals surface area contributed by atoms with Gasteiger partial charge in [-0.3, -0.25) is 9.69 Å². The zero-order valence-corrected chi connectivity index (χ0v) is 16.2. The monoisotopic (exact) mass is 362 g/mol. The molecule has 144 valence electrons. The molecule has 0 radical (unpaired) electrons. The van der Waals surface area contributed by atoms with E-state index in [2.05, 4.69) is 24.1 Å². The molecule has 6 nitrogen and oxygen atoms in total. The highest BCUT2D eigenvalue weighted by Crippen LogP contribution is 2.28. The average molecular weight is 362 g/mol. The lowest BCUT2D eigenvalue weighted by molar-refractivity contribution is -0.121. The van der Waals surface area contributed by atoms with Crippen molar-refractivity contribution in [2.45, 2.75) is 44.9 Å². The second-order valence-electron chi connectivity index (χ2n) is 7.59. The second-order valence-corrected chi connectivity index (χ2v) is 7.59. The maximum absolute atomic E-state index is 12.5. The van der Waals surface area contributed by atoms with Gasteiger partial charge in [0.2, 0.25) is 5.91 Å². The molecule has 3 atom stereocenters. The number of nitrogens with zero attached hydrogens (tertiary/aromatic N) is 1. The molecule has 2 saturated heterocycles. The fraction of sp³-hybridized carbons (Fsp3) is 0.650. The predicted octanol–water partition coefficient (Wildman–Crippen LogP) is 1.86. The third kappa shape index (κ3) is 4.30. The van der Waals surface area contributed by atoms with Crippen LogP contribution in [0, 0.1) is 5.92 Å². The number of amides is 1. The van der Waals surface area contributed by atoms with E-state index in [0.717, 1.165) is 31.7 Å². The number of carbonyl (C=O) groups excluding carboxylic acids is 1. The number of benzene rings is 1. The van der Waals surface area contributed by atoms with Crippen molar-refractivity contribution in [2.24, 2.45) is 5.92 Å². The number of ether oxygens (including phenoxy) is 3. The van der Waals surface area contributed by atoms with Gasteiger partial charge in [-0.25, -0.2) is 0 Å². The molecule has 0 bridgehead atoms. The van der Waals surface area contributed by atoms with Gasteiger partial charge in [-0.05, 0) is 30.0 Å². The van der Waals surface area contributed by atoms with E-state index in [-0.39, 0.29) is 11.9 Å². The molecule has 26 heavy (non-hydrogen) atoms. The summed E-state index contributed by atoms with van der Waals surface area (Å²) in [5, 5.41) is 3.19. The third-order valence-corrected chi connectivity index (χ3v) is 5.37. The quantitative estimate of drug-likeness (QED) is 0.837. The smallest absolute Gasteiger partial charge is 0.224 e. The van der Waals surface area contributed by atoms with Crippen molar-refractivity contribution in [1.29, 1.82) is 0 Å². The largest absolute Gasteiger partial charge is 0.493 e. The van der Waals surface area contributed by atoms with Gasteiger partial charge in [0.05, 0.1) is 33.4 Å². The summed E-state index contributed by atoms with van der Waals surface area (Å²) in [6.45, 7) is 7.04. The van der Waals surface area contributed by atoms with Gasteiger partial charge in [-0.15, -0.1) is 0 Å². The Hall–Kier alpha value is -1.79. The van der Waals surface area contributed by atoms with Crippen molar-refractivity contribution in [3.63, 3.8) is 0 Å². The molecule has 0 aliphatic carbocycles. The maximum Gasteiger partial charge on any atom is 0.224 e. The first-order chi connectivity index (χ1) is 12.5. The molecule has 6 heteroatoms. The molecule has 3 rings (SSSR count). The van der Waals surface area contributed by atoms with Crippen LogP contribution in [0.25, 0.3) is 0 Å². The Balaban J connectivity index is 1.53. The molecule has 0 spiro atoms. The third-order valence-electron chi connectivity index (χ3n) is 5.37. The molecule has 1 aromatic carbocycles. The molecule has 1 aromatic rings. The number of nitrogens with one attached hydrogen (secondary N) is 1. The molecule has 2 aliphatic rings. The normalized spacial score (nSPS) is 25.8. The average Bonchev–Trinajstić information content (AvgIpc) is 3.02. The lowest BCUT2D eigenvalue weighted by Gasteiger charge is -2.36. The summed E-state index contributed by atoms with van der Waals surface area (Å²) in [6.07, 6.45) is 1.60. The highest BCUT2D eigenvalue weighted by molar-refractivity contribution is 5.79. The number of rotatable bonds is 6. The molecule has 2 heterocycles. The van der Waals surface area contributed by atoms with Crippen LogP contribution in [0.1, 0.15) is 25.8 Å². The minimum atomic E-state index is 0.0448. The van der Waals surface area contributed by atoms with Crippen molar-refractivity contribution in [3.05, 3.63) is 23.8 Å². The van der Waals surface area contributed by atoms with E-state index in [1.807, 2.05) is 18.2 Å². The summed E-state index contributed by atoms with van der Waals surface area (Å²) >= 11 is 0. The molecular weight excluding hydrogens is 332 g/mol. The lowest BCUT2D eigenvalue weighted by atomic mass is 10.0. The van der Waals surface area contributed by atoms with Crippen molar-refractivity contribution < 1.29 is 19.0 Å². The summed E-state index contributed by atoms with van der Waals surface area (Å²) < 4.78 is 16.5. The molecule has 1 amide bonds. The van der Waals surface area contributed by atoms with E-state index in [4.69, 9.17) is 14.2 Å². The van der Waals surface area contributed by atoms with Crippen LogP contribution >= 0.6 is 0 Å². The summed E-state index contributed by atoms with van der Waals surface area (Å²) in [5.41, 5.74) is 0.916. The fourth-order valence-corrected chi connectivity index (χ4v) is 3.86. The summed E-state index contributed by atoms with van der Waals surface area (Å²) in [4.78, 5) is 14.9. The Kier molecular flexibility index (Phi) is 6.04. The van der Waals surface area contributed by atoms with Crippen LogP contribution in [0.3, 0.4) is 0 Å². The maximum atomic E-state index is 12.5. The lowest BCUT2D eigenvalue weighted by Crippen LogP contribution is -2.48. The van der Waals surface area contributed by atoms with E-state index >= 15 is 0 Å². The van der Waals surface area contributed by atoms with Gasteiger partial charge in [-0.2, -0.15) is 0 Å². The number of morpholine rings is 1. The molecule has 0 unspecified atom stereocenters. The summed E-state index contributed by atoms with van der Waals surface area (Å²) in [5.74, 6) is 1.88. The number of carbonyl (C=O) groups is 1. The van der Waals surface area contributed by atoms with Gasteiger partial charge in [0.1, 0.15) is 0 Å². The Morgan fingerprint density at radius 1 is 1.27 bits per heavy atom. The SMILES string of the molecule is COc1ccc(CC(=O)N[C@@H]2C[C@H]3CO[C@@H](C(C)C)CN3C2)cc1OC. The predicted molar refractivity (Wildman–Crippen MR) is 99.7 cm³/mol. The van der Waals surface area contributed by atoms with Gasteiger partial charge in [0.25, 0.3) is 0 Å². The number of methoxy groups -OCH3 is 2. The standard InChI is InChI=1S/C20H30N2O4/c1-13(2)19-11-22-10-15(9-16(22)12-26-19)21-20(23)8-14-5-6-17(24-3)18(7-14)25-4/h5-7,13,15-16,19H,8-12H2,1-4H3,(H,21,23)/t15-,16+,19-/m1/s1. The van der Waals surface area contributed by atoms with Gasteiger partial charge in [0.15, 0.2) is 11.5 Å². The van der Waals surface area contributed by atoms with E-state index in [1.165, 1.54) is 0 Å². The van der Waals surface area contributed by atoms with Gasteiger partial charge >= 0.3 is 0 Å². The van der Waals surface area contributed by atoms with Crippen LogP contribution in [0.2, 0.25) is 0 Å². The Morgan fingerprint density at radius 3 is 2.73 bits per heavy atom. The Morgan fingerprint density at radius 2 is 2.04 bits per heavy atom. The summed E-state index contributed by atoms with van der Waals surface area (Å²) in [6, 6.07) is 6.22. The second kappa shape index (κ2) is 8.27. The number of hydrogen-bond donors (Lipinski definition) is 1. The Bertz CT molecular complexity index is 634. The molecule has 0 aromatic heterocycles. The highest BCUT2D eigenvalue weighted by atomic mass is 16.5. The molecule has 1 N–H and O–H groups in total. The number of fused-ring (bicyclic) bond motifs is 1. The highest BCUT2D eigenvalue weighted by Gasteiger charge is 2.38. The van der Waals surface area contributed by atoms with E-state index < -0.39 is 0 Å². The van der Waals surface area contributed by atoms with E-state index in [1.54, 1.807) is 14.2 Å². The first kappa shape index (κ1) is 19.0. The van der Waals surface area contributed by atoms with Crippen LogP contribution in [-0.2, 0) is 16.0 Å². The van der Waals surface area contributed by atoms with Crippen LogP contribution in [-0.4, -0.2) is 62.9 Å². The van der Waals surface area contributed by atoms with E-state index in [9.17, 15) is 4.79 Å². The fourth-order valence-electron chi connectivity index (χ4n) is 3.86. The minimum absolute atomic E-state index is 0.0448. The first-order valence-corrected chi connectivity index (χ1v) is 9.36. The van der Waals surface area contributed by atoms with Crippen LogP contribution in [0.5, 0.6) is 11.5 Å². The minimum Gasteiger partial charge on any atom is -0.493 e. The zero-order chi connectivity index (χ0) is 18.7. The van der Waals surface area contributed by atoms with Crippen LogP contribution in [0.15, 0.2) is 18.2 Å². The number of hydrogen-bond acceptors (Lipinski definition) is 5. The zero-order valence-electron chi connectivity index (χ0n) is 16.2. The van der Waals surface area contributed by atoms with Gasteiger partial charge in [0, 0.05) is 25.2 Å². The van der Waals surface area contributed by atoms with Crippen LogP contribution < -0.4 is 14.8 Å². The molecule has 0 saturated carbocycles. The molecule has 2 aliphatic heterocycles. The molecule has 2 fully saturated rings. The van der Waals surface area contributed by atoms with Crippen molar-refractivity contribution in [3.8, 4) is 11.5 Å². The van der Waals surface area contributed by atoms with Crippen molar-refractivity contribution in [1.82, 2.24) is 10.2 Å². The van der Waals surface area contributed by atoms with Gasteiger partial charge < -0.3 is 19.5 Å². The topological polar surface area (TPSA) is 60.0 Å². The Labute approximate surface area is 155 Å².